The quantitative estimate of drug-likeness (QED) is 0.750. The summed E-state index contributed by atoms with van der Waals surface area (Å²) in [6.07, 6.45) is 3.53. The Hall–Kier alpha value is -1.46. The molecular weight excluding hydrogens is 284 g/mol. The molecule has 0 aromatic rings. The Bertz CT molecular complexity index is 535. The summed E-state index contributed by atoms with van der Waals surface area (Å²) in [5.74, 6) is -1.30. The second-order valence-corrected chi connectivity index (χ2v) is 6.64. The van der Waals surface area contributed by atoms with Crippen LogP contribution in [0.5, 0.6) is 0 Å². The number of ketones is 1. The number of carbonyl (C=O) groups excluding carboxylic acids is 2. The van der Waals surface area contributed by atoms with E-state index in [1.54, 1.807) is 6.92 Å². The lowest BCUT2D eigenvalue weighted by molar-refractivity contribution is -0.153. The van der Waals surface area contributed by atoms with Gasteiger partial charge in [-0.05, 0) is 36.5 Å². The molecule has 0 aromatic heterocycles. The SMILES string of the molecule is CC(=O)OC1CC(C)(C)C(C=CC2(C)OCCO2)=C(C)C1=O. The highest BCUT2D eigenvalue weighted by Gasteiger charge is 2.40. The molecule has 0 N–H and O–H groups in total. The molecular formula is C17H24O5. The Balaban J connectivity index is 2.28. The summed E-state index contributed by atoms with van der Waals surface area (Å²) in [7, 11) is 0. The molecule has 122 valence electrons. The minimum Gasteiger partial charge on any atom is -0.454 e. The van der Waals surface area contributed by atoms with Crippen LogP contribution in [0.15, 0.2) is 23.3 Å². The highest BCUT2D eigenvalue weighted by molar-refractivity contribution is 6.01. The average Bonchev–Trinajstić information content (AvgIpc) is 2.81. The molecule has 0 radical (unpaired) electrons. The van der Waals surface area contributed by atoms with Crippen LogP contribution in [0.3, 0.4) is 0 Å². The molecule has 1 aliphatic carbocycles. The summed E-state index contributed by atoms with van der Waals surface area (Å²) < 4.78 is 16.3. The molecule has 1 unspecified atom stereocenters. The largest absolute Gasteiger partial charge is 0.454 e. The van der Waals surface area contributed by atoms with Crippen molar-refractivity contribution in [3.63, 3.8) is 0 Å². The van der Waals surface area contributed by atoms with E-state index in [9.17, 15) is 9.59 Å². The van der Waals surface area contributed by atoms with Gasteiger partial charge in [-0.1, -0.05) is 19.9 Å². The average molecular weight is 308 g/mol. The normalized spacial score (nSPS) is 27.5. The Morgan fingerprint density at radius 2 is 1.86 bits per heavy atom. The molecule has 0 amide bonds. The highest BCUT2D eigenvalue weighted by Crippen LogP contribution is 2.41. The van der Waals surface area contributed by atoms with Crippen LogP contribution in [0.1, 0.15) is 41.0 Å². The predicted octanol–water partition coefficient (Wildman–Crippen LogP) is 2.55. The summed E-state index contributed by atoms with van der Waals surface area (Å²) in [5.41, 5.74) is 1.28. The maximum atomic E-state index is 12.4. The summed E-state index contributed by atoms with van der Waals surface area (Å²) >= 11 is 0. The van der Waals surface area contributed by atoms with Crippen molar-refractivity contribution < 1.29 is 23.8 Å². The maximum absolute atomic E-state index is 12.4. The van der Waals surface area contributed by atoms with E-state index in [2.05, 4.69) is 0 Å². The van der Waals surface area contributed by atoms with Crippen molar-refractivity contribution in [3.8, 4) is 0 Å². The number of allylic oxidation sites excluding steroid dienone is 2. The van der Waals surface area contributed by atoms with Gasteiger partial charge in [-0.25, -0.2) is 0 Å². The second-order valence-electron chi connectivity index (χ2n) is 6.64. The van der Waals surface area contributed by atoms with Crippen LogP contribution in [0.25, 0.3) is 0 Å². The molecule has 22 heavy (non-hydrogen) atoms. The van der Waals surface area contributed by atoms with Gasteiger partial charge in [0.25, 0.3) is 0 Å². The van der Waals surface area contributed by atoms with Crippen molar-refractivity contribution in [2.24, 2.45) is 5.41 Å². The molecule has 0 saturated carbocycles. The first kappa shape index (κ1) is 16.9. The first-order valence-electron chi connectivity index (χ1n) is 7.54. The van der Waals surface area contributed by atoms with Crippen molar-refractivity contribution in [1.82, 2.24) is 0 Å². The molecule has 1 atom stereocenters. The number of hydrogen-bond donors (Lipinski definition) is 0. The summed E-state index contributed by atoms with van der Waals surface area (Å²) in [5, 5.41) is 0. The molecule has 2 aliphatic rings. The van der Waals surface area contributed by atoms with Crippen molar-refractivity contribution in [2.75, 3.05) is 13.2 Å². The van der Waals surface area contributed by atoms with Gasteiger partial charge in [-0.3, -0.25) is 9.59 Å². The highest BCUT2D eigenvalue weighted by atomic mass is 16.7. The second kappa shape index (κ2) is 5.97. The van der Waals surface area contributed by atoms with Crippen LogP contribution in [0, 0.1) is 5.41 Å². The van der Waals surface area contributed by atoms with Crippen molar-refractivity contribution in [2.45, 2.75) is 52.9 Å². The molecule has 1 aliphatic heterocycles. The fraction of sp³-hybridized carbons (Fsp3) is 0.647. The fourth-order valence-electron chi connectivity index (χ4n) is 3.06. The number of ether oxygens (including phenoxy) is 3. The smallest absolute Gasteiger partial charge is 0.303 e. The van der Waals surface area contributed by atoms with E-state index in [0.29, 0.717) is 25.2 Å². The Kier molecular flexibility index (Phi) is 4.59. The Morgan fingerprint density at radius 1 is 1.27 bits per heavy atom. The van der Waals surface area contributed by atoms with Crippen LogP contribution >= 0.6 is 0 Å². The number of hydrogen-bond acceptors (Lipinski definition) is 5. The topological polar surface area (TPSA) is 61.8 Å². The zero-order chi connectivity index (χ0) is 16.5. The summed E-state index contributed by atoms with van der Waals surface area (Å²) in [6, 6.07) is 0. The first-order valence-corrected chi connectivity index (χ1v) is 7.54. The van der Waals surface area contributed by atoms with Crippen LogP contribution in [-0.4, -0.2) is 36.9 Å². The molecule has 5 nitrogen and oxygen atoms in total. The third-order valence-electron chi connectivity index (χ3n) is 4.21. The van der Waals surface area contributed by atoms with Gasteiger partial charge in [0.1, 0.15) is 0 Å². The molecule has 5 heteroatoms. The van der Waals surface area contributed by atoms with Gasteiger partial charge in [0.15, 0.2) is 17.7 Å². The van der Waals surface area contributed by atoms with Gasteiger partial charge in [-0.15, -0.1) is 0 Å². The number of rotatable bonds is 3. The van der Waals surface area contributed by atoms with Crippen LogP contribution in [0.4, 0.5) is 0 Å². The molecule has 1 heterocycles. The Labute approximate surface area is 131 Å². The maximum Gasteiger partial charge on any atom is 0.303 e. The summed E-state index contributed by atoms with van der Waals surface area (Å²) in [4.78, 5) is 23.6. The summed E-state index contributed by atoms with van der Waals surface area (Å²) in [6.45, 7) is 10.2. The van der Waals surface area contributed by atoms with Crippen LogP contribution in [0.2, 0.25) is 0 Å². The number of esters is 1. The van der Waals surface area contributed by atoms with Crippen molar-refractivity contribution in [1.29, 1.82) is 0 Å². The third-order valence-corrected chi connectivity index (χ3v) is 4.21. The lowest BCUT2D eigenvalue weighted by Gasteiger charge is -2.36. The molecule has 1 saturated heterocycles. The van der Waals surface area contributed by atoms with E-state index in [0.717, 1.165) is 5.57 Å². The minimum absolute atomic E-state index is 0.132. The molecule has 2 rings (SSSR count). The number of carbonyl (C=O) groups is 2. The van der Waals surface area contributed by atoms with E-state index in [1.807, 2.05) is 32.9 Å². The standard InChI is InChI=1S/C17H24O5/c1-11-13(6-7-17(5)20-8-9-21-17)16(3,4)10-14(15(11)19)22-12(2)18/h6-7,14H,8-10H2,1-5H3. The van der Waals surface area contributed by atoms with Crippen molar-refractivity contribution >= 4 is 11.8 Å². The molecule has 0 spiro atoms. The van der Waals surface area contributed by atoms with Gasteiger partial charge in [0, 0.05) is 13.3 Å². The van der Waals surface area contributed by atoms with E-state index in [1.165, 1.54) is 6.92 Å². The van der Waals surface area contributed by atoms with Crippen LogP contribution < -0.4 is 0 Å². The third kappa shape index (κ3) is 3.47. The molecule has 1 fully saturated rings. The van der Waals surface area contributed by atoms with E-state index < -0.39 is 17.9 Å². The zero-order valence-corrected chi connectivity index (χ0v) is 13.9. The number of Topliss-reactive ketones (excluding diaryl/α,β-unsaturated/α-hetero) is 1. The van der Waals surface area contributed by atoms with Gasteiger partial charge < -0.3 is 14.2 Å². The monoisotopic (exact) mass is 308 g/mol. The predicted molar refractivity (Wildman–Crippen MR) is 81.1 cm³/mol. The first-order chi connectivity index (χ1) is 10.1. The van der Waals surface area contributed by atoms with Gasteiger partial charge in [-0.2, -0.15) is 0 Å². The fourth-order valence-corrected chi connectivity index (χ4v) is 3.06. The van der Waals surface area contributed by atoms with Crippen LogP contribution in [-0.2, 0) is 23.8 Å². The molecule has 0 bridgehead atoms. The van der Waals surface area contributed by atoms with Gasteiger partial charge in [0.05, 0.1) is 13.2 Å². The van der Waals surface area contributed by atoms with E-state index in [-0.39, 0.29) is 11.2 Å². The minimum atomic E-state index is -0.737. The van der Waals surface area contributed by atoms with Crippen molar-refractivity contribution in [3.05, 3.63) is 23.3 Å². The van der Waals surface area contributed by atoms with E-state index >= 15 is 0 Å². The lowest BCUT2D eigenvalue weighted by Crippen LogP contribution is -2.38. The molecule has 0 aromatic carbocycles. The Morgan fingerprint density at radius 3 is 2.41 bits per heavy atom. The zero-order valence-electron chi connectivity index (χ0n) is 13.9. The van der Waals surface area contributed by atoms with Gasteiger partial charge in [0.2, 0.25) is 0 Å². The van der Waals surface area contributed by atoms with E-state index in [4.69, 9.17) is 14.2 Å². The van der Waals surface area contributed by atoms with Gasteiger partial charge >= 0.3 is 5.97 Å². The lowest BCUT2D eigenvalue weighted by atomic mass is 9.71.